The molecule has 9 rings (SSSR count). The minimum Gasteiger partial charge on any atom is -0.496 e. The van der Waals surface area contributed by atoms with E-state index in [9.17, 15) is 19.8 Å². The summed E-state index contributed by atoms with van der Waals surface area (Å²) < 4.78 is 23.8. The Hall–Kier alpha value is -4.69. The number of fused-ring (bicyclic) bond motifs is 6. The Bertz CT molecular complexity index is 2280. The van der Waals surface area contributed by atoms with Crippen molar-refractivity contribution in [3.63, 3.8) is 0 Å². The molecule has 1 saturated heterocycles. The zero-order chi connectivity index (χ0) is 41.1. The van der Waals surface area contributed by atoms with Crippen molar-refractivity contribution in [3.8, 4) is 5.75 Å². The fraction of sp³-hybridized carbons (Fsp3) is 0.533. The number of likely N-dealkylation sites (N-methyl/N-ethyl adjacent to an activating group) is 1. The fourth-order valence-corrected chi connectivity index (χ4v) is 12.8. The van der Waals surface area contributed by atoms with Crippen molar-refractivity contribution < 1.29 is 43.5 Å². The number of H-pyrrole nitrogens is 1. The Balaban J connectivity index is 1.37. The van der Waals surface area contributed by atoms with Crippen LogP contribution in [-0.2, 0) is 46.0 Å². The number of aliphatic hydroxyl groups is 2. The average Bonchev–Trinajstić information content (AvgIpc) is 3.87. The maximum Gasteiger partial charge on any atom is 0.344 e. The average molecular weight is 795 g/mol. The second kappa shape index (κ2) is 13.4. The van der Waals surface area contributed by atoms with Crippen LogP contribution >= 0.6 is 0 Å². The number of methoxy groups -OCH3 is 3. The fourth-order valence-electron chi connectivity index (χ4n) is 12.8. The molecular weight excluding hydrogens is 741 g/mol. The maximum atomic E-state index is 15.2. The number of aromatic amines is 1. The highest BCUT2D eigenvalue weighted by molar-refractivity contribution is 5.95. The minimum absolute atomic E-state index is 0.148. The number of aliphatic hydroxyl groups excluding tert-OH is 1. The molecule has 0 radical (unpaired) electrons. The van der Waals surface area contributed by atoms with E-state index in [4.69, 9.17) is 18.9 Å². The lowest BCUT2D eigenvalue weighted by atomic mass is 9.47. The van der Waals surface area contributed by atoms with Gasteiger partial charge < -0.3 is 39.0 Å². The van der Waals surface area contributed by atoms with Gasteiger partial charge in [0, 0.05) is 90.9 Å². The van der Waals surface area contributed by atoms with Gasteiger partial charge in [0.25, 0.3) is 0 Å². The number of ether oxygens (including phenoxy) is 4. The number of esters is 3. The number of aromatic nitrogens is 1. The van der Waals surface area contributed by atoms with E-state index in [1.807, 2.05) is 55.3 Å². The van der Waals surface area contributed by atoms with Crippen molar-refractivity contribution in [1.82, 2.24) is 14.8 Å². The molecule has 1 saturated carbocycles. The van der Waals surface area contributed by atoms with Crippen LogP contribution in [0.3, 0.4) is 0 Å². The highest BCUT2D eigenvalue weighted by atomic mass is 16.6. The van der Waals surface area contributed by atoms with Gasteiger partial charge in [-0.25, -0.2) is 4.79 Å². The van der Waals surface area contributed by atoms with Gasteiger partial charge >= 0.3 is 17.9 Å². The van der Waals surface area contributed by atoms with E-state index in [0.29, 0.717) is 63.3 Å². The van der Waals surface area contributed by atoms with Crippen molar-refractivity contribution in [3.05, 3.63) is 82.6 Å². The third-order valence-electron chi connectivity index (χ3n) is 14.8. The molecule has 1 aromatic heterocycles. The first-order chi connectivity index (χ1) is 27.8. The Morgan fingerprint density at radius 1 is 1.03 bits per heavy atom. The van der Waals surface area contributed by atoms with Crippen LogP contribution in [0.25, 0.3) is 10.9 Å². The van der Waals surface area contributed by atoms with Crippen LogP contribution in [0.15, 0.2) is 60.2 Å². The van der Waals surface area contributed by atoms with E-state index < -0.39 is 58.0 Å². The predicted octanol–water partition coefficient (Wildman–Crippen LogP) is 3.72. The van der Waals surface area contributed by atoms with Gasteiger partial charge in [-0.15, -0.1) is 0 Å². The molecule has 6 aliphatic rings. The van der Waals surface area contributed by atoms with Crippen LogP contribution < -0.4 is 9.64 Å². The van der Waals surface area contributed by atoms with Gasteiger partial charge in [0.1, 0.15) is 11.2 Å². The van der Waals surface area contributed by atoms with Crippen molar-refractivity contribution in [1.29, 1.82) is 0 Å². The molecule has 5 aliphatic heterocycles. The lowest BCUT2D eigenvalue weighted by Crippen LogP contribution is -2.81. The molecule has 3 N–H and O–H groups in total. The zero-order valence-electron chi connectivity index (χ0n) is 34.3. The first kappa shape index (κ1) is 38.8. The highest BCUT2D eigenvalue weighted by Gasteiger charge is 2.80. The summed E-state index contributed by atoms with van der Waals surface area (Å²) in [5.74, 6) is -1.64. The largest absolute Gasteiger partial charge is 0.496 e. The second-order valence-electron chi connectivity index (χ2n) is 17.4. The number of hydrogen-bond donors (Lipinski definition) is 3. The van der Waals surface area contributed by atoms with Crippen LogP contribution in [0.5, 0.6) is 5.75 Å². The molecular formula is C45H54N4O9. The molecule has 13 heteroatoms. The maximum absolute atomic E-state index is 15.2. The van der Waals surface area contributed by atoms with E-state index >= 15 is 4.79 Å². The van der Waals surface area contributed by atoms with E-state index in [2.05, 4.69) is 33.0 Å². The van der Waals surface area contributed by atoms with Crippen LogP contribution in [0.2, 0.25) is 0 Å². The summed E-state index contributed by atoms with van der Waals surface area (Å²) in [5.41, 5.74) is 0.0858. The molecule has 0 amide bonds. The topological polar surface area (TPSA) is 154 Å². The summed E-state index contributed by atoms with van der Waals surface area (Å²) in [4.78, 5) is 52.9. The number of para-hydroxylation sites is 1. The number of nitrogens with one attached hydrogen (secondary N) is 1. The molecule has 1 spiro atoms. The quantitative estimate of drug-likeness (QED) is 0.182. The molecule has 308 valence electrons. The lowest BCUT2D eigenvalue weighted by molar-refractivity contribution is -0.228. The van der Waals surface area contributed by atoms with Gasteiger partial charge in [0.15, 0.2) is 6.10 Å². The van der Waals surface area contributed by atoms with Gasteiger partial charge in [-0.3, -0.25) is 19.4 Å². The zero-order valence-corrected chi connectivity index (χ0v) is 34.3. The molecule has 58 heavy (non-hydrogen) atoms. The Labute approximate surface area is 338 Å². The Morgan fingerprint density at radius 3 is 2.48 bits per heavy atom. The standard InChI is InChI=1S/C45H54N4O9/c1-8-42-14-11-16-49-17-15-43(37(42)49)31-19-32(35(55-5)20-34(31)47(4)38(43)45(54,41(53)57-7)39(42)58-26(3)51)44(40(52)56-6)21-27-18-28(25(2)50)23-48(22-27)24-30-29-12-9-10-13-33(29)46-36(30)44/h9-14,18-20,25,27,37-39,46,50,54H,8,15-17,21-24H2,1-7H3/t25?,27-,37+,38-,39-,42-,43-,44+,45+/m1/s1. The van der Waals surface area contributed by atoms with Crippen molar-refractivity contribution in [2.45, 2.75) is 87.3 Å². The van der Waals surface area contributed by atoms with Gasteiger partial charge in [-0.05, 0) is 67.5 Å². The van der Waals surface area contributed by atoms with Gasteiger partial charge in [0.2, 0.25) is 5.60 Å². The molecule has 6 heterocycles. The molecule has 3 aromatic rings. The number of carbonyl (C=O) groups is 3. The normalized spacial score (nSPS) is 35.1. The minimum atomic E-state index is -2.30. The molecule has 2 fully saturated rings. The number of carbonyl (C=O) groups excluding carboxylic acids is 3. The van der Waals surface area contributed by atoms with E-state index in [-0.39, 0.29) is 12.0 Å². The molecule has 1 aliphatic carbocycles. The van der Waals surface area contributed by atoms with E-state index in [0.717, 1.165) is 39.0 Å². The summed E-state index contributed by atoms with van der Waals surface area (Å²) in [7, 11) is 6.12. The first-order valence-electron chi connectivity index (χ1n) is 20.4. The molecule has 13 nitrogen and oxygen atoms in total. The SMILES string of the molecule is CC[C@]12C=CCN3CC[C@@]4(c5cc([C@@]6(C(=O)OC)C[C@H]7C=C(C(C)O)CN(Cc8c6[nH]c6ccccc86)C7)c(OC)cc5N(C)[C@H]4[C@@](O)(C(=O)OC)[C@@H]1OC(C)=O)[C@@H]32. The number of rotatable bonds is 7. The third kappa shape index (κ3) is 4.87. The van der Waals surface area contributed by atoms with Gasteiger partial charge in [0.05, 0.1) is 33.5 Å². The van der Waals surface area contributed by atoms with Gasteiger partial charge in [-0.2, -0.15) is 0 Å². The van der Waals surface area contributed by atoms with Gasteiger partial charge in [-0.1, -0.05) is 43.4 Å². The van der Waals surface area contributed by atoms with Crippen molar-refractivity contribution in [2.75, 3.05) is 59.5 Å². The molecule has 2 aromatic carbocycles. The lowest BCUT2D eigenvalue weighted by Gasteiger charge is -2.63. The Morgan fingerprint density at radius 2 is 1.79 bits per heavy atom. The van der Waals surface area contributed by atoms with Crippen LogP contribution in [0.4, 0.5) is 5.69 Å². The summed E-state index contributed by atoms with van der Waals surface area (Å²) in [6, 6.07) is 10.9. The predicted molar refractivity (Wildman–Crippen MR) is 215 cm³/mol. The summed E-state index contributed by atoms with van der Waals surface area (Å²) >= 11 is 0. The molecule has 2 unspecified atom stereocenters. The van der Waals surface area contributed by atoms with Crippen LogP contribution in [-0.4, -0.2) is 127 Å². The monoisotopic (exact) mass is 794 g/mol. The molecule has 10 atom stereocenters. The van der Waals surface area contributed by atoms with Crippen molar-refractivity contribution >= 4 is 34.5 Å². The first-order valence-corrected chi connectivity index (χ1v) is 20.4. The summed E-state index contributed by atoms with van der Waals surface area (Å²) in [5, 5.41) is 25.2. The number of anilines is 1. The third-order valence-corrected chi connectivity index (χ3v) is 14.8. The smallest absolute Gasteiger partial charge is 0.344 e. The van der Waals surface area contributed by atoms with Crippen molar-refractivity contribution in [2.24, 2.45) is 11.3 Å². The molecule has 2 bridgehead atoms. The van der Waals surface area contributed by atoms with Crippen LogP contribution in [0, 0.1) is 11.3 Å². The number of hydrogen-bond acceptors (Lipinski definition) is 12. The Kier molecular flexibility index (Phi) is 8.98. The van der Waals surface area contributed by atoms with E-state index in [1.54, 1.807) is 14.0 Å². The number of nitrogens with zero attached hydrogens (tertiary/aromatic N) is 3. The summed E-state index contributed by atoms with van der Waals surface area (Å²) in [6.07, 6.45) is 5.63. The highest BCUT2D eigenvalue weighted by Crippen LogP contribution is 2.68. The second-order valence-corrected chi connectivity index (χ2v) is 17.4. The van der Waals surface area contributed by atoms with Crippen LogP contribution in [0.1, 0.15) is 62.4 Å². The number of benzene rings is 2. The van der Waals surface area contributed by atoms with E-state index in [1.165, 1.54) is 21.1 Å². The summed E-state index contributed by atoms with van der Waals surface area (Å²) in [6.45, 7) is 8.21.